The number of carbonyl (C=O) groups excluding carboxylic acids is 1. The van der Waals surface area contributed by atoms with Crippen LogP contribution in [0.3, 0.4) is 0 Å². The molecule has 10 heteroatoms. The Morgan fingerprint density at radius 2 is 1.33 bits per heavy atom. The molecule has 0 bridgehead atoms. The van der Waals surface area contributed by atoms with Crippen LogP contribution < -0.4 is 0 Å². The fraction of sp³-hybridized carbons (Fsp3) is 0.929. The smallest absolute Gasteiger partial charge is 0.430 e. The highest BCUT2D eigenvalue weighted by Crippen LogP contribution is 2.53. The van der Waals surface area contributed by atoms with Gasteiger partial charge in [0, 0.05) is 7.11 Å². The van der Waals surface area contributed by atoms with Gasteiger partial charge in [-0.3, -0.25) is 4.79 Å². The summed E-state index contributed by atoms with van der Waals surface area (Å²) in [4.78, 5) is 12.0. The van der Waals surface area contributed by atoms with E-state index in [1.54, 1.807) is 6.92 Å². The third-order valence-corrected chi connectivity index (χ3v) is 3.82. The number of ether oxygens (including phenoxy) is 3. The molecule has 24 heavy (non-hydrogen) atoms. The molecule has 0 aliphatic rings. The summed E-state index contributed by atoms with van der Waals surface area (Å²) in [6.45, 7) is 3.97. The molecule has 0 atom stereocenters. The van der Waals surface area contributed by atoms with E-state index in [1.165, 1.54) is 13.8 Å². The Labute approximate surface area is 136 Å². The van der Waals surface area contributed by atoms with Gasteiger partial charge in [-0.25, -0.2) is 0 Å². The zero-order valence-corrected chi connectivity index (χ0v) is 14.3. The summed E-state index contributed by atoms with van der Waals surface area (Å²) in [5.74, 6) is -1.20. The van der Waals surface area contributed by atoms with Gasteiger partial charge in [0.1, 0.15) is 6.79 Å². The lowest BCUT2D eigenvalue weighted by molar-refractivity contribution is -0.429. The molecule has 4 nitrogen and oxygen atoms in total. The number of carbonyl (C=O) groups is 1. The molecule has 0 radical (unpaired) electrons. The number of methoxy groups -OCH3 is 1. The van der Waals surface area contributed by atoms with E-state index < -0.39 is 41.7 Å². The third kappa shape index (κ3) is 4.14. The first-order valence-corrected chi connectivity index (χ1v) is 7.00. The van der Waals surface area contributed by atoms with Crippen LogP contribution in [0.4, 0.5) is 26.3 Å². The largest absolute Gasteiger partial charge is 0.455 e. The van der Waals surface area contributed by atoms with Crippen molar-refractivity contribution in [2.75, 3.05) is 13.9 Å². The van der Waals surface area contributed by atoms with Crippen LogP contribution in [-0.2, 0) is 19.0 Å². The average molecular weight is 368 g/mol. The van der Waals surface area contributed by atoms with Gasteiger partial charge in [0.05, 0.1) is 5.41 Å². The fourth-order valence-electron chi connectivity index (χ4n) is 1.91. The Bertz CT molecular complexity index is 426. The minimum absolute atomic E-state index is 0.159. The van der Waals surface area contributed by atoms with Gasteiger partial charge in [-0.05, 0) is 34.1 Å². The molecule has 0 N–H and O–H groups in total. The molecule has 0 aromatic heterocycles. The van der Waals surface area contributed by atoms with Crippen molar-refractivity contribution in [3.8, 4) is 0 Å². The summed E-state index contributed by atoms with van der Waals surface area (Å²) in [5, 5.41) is 0. The number of hydrogen-bond donors (Lipinski definition) is 0. The molecule has 0 saturated carbocycles. The van der Waals surface area contributed by atoms with Gasteiger partial charge < -0.3 is 14.2 Å². The lowest BCUT2D eigenvalue weighted by Gasteiger charge is -2.47. The van der Waals surface area contributed by atoms with Crippen molar-refractivity contribution in [3.05, 3.63) is 0 Å². The predicted molar refractivity (Wildman–Crippen MR) is 72.0 cm³/mol. The first kappa shape index (κ1) is 23.0. The monoisotopic (exact) mass is 368 g/mol. The predicted octanol–water partition coefficient (Wildman–Crippen LogP) is 4.23. The van der Waals surface area contributed by atoms with Gasteiger partial charge in [0.2, 0.25) is 0 Å². The van der Waals surface area contributed by atoms with E-state index in [1.807, 2.05) is 0 Å². The van der Waals surface area contributed by atoms with Crippen molar-refractivity contribution in [2.24, 2.45) is 5.41 Å². The van der Waals surface area contributed by atoms with Crippen molar-refractivity contribution < 1.29 is 45.3 Å². The van der Waals surface area contributed by atoms with Crippen LogP contribution in [0.1, 0.15) is 41.0 Å². The standard InChI is InChI=1S/C14H22F6O4/c1-7-10(2,3)9(21)24-11(4,5)12(13(15,16)17,14(18,19)20)23-8-22-6/h7-8H2,1-6H3. The third-order valence-electron chi connectivity index (χ3n) is 3.82. The molecule has 0 aromatic rings. The van der Waals surface area contributed by atoms with Crippen molar-refractivity contribution in [2.45, 2.75) is 64.6 Å². The van der Waals surface area contributed by atoms with Gasteiger partial charge in [-0.15, -0.1) is 0 Å². The van der Waals surface area contributed by atoms with Crippen LogP contribution in [0.5, 0.6) is 0 Å². The second-order valence-corrected chi connectivity index (χ2v) is 6.36. The number of alkyl halides is 6. The van der Waals surface area contributed by atoms with Gasteiger partial charge >= 0.3 is 23.9 Å². The van der Waals surface area contributed by atoms with E-state index in [0.717, 1.165) is 7.11 Å². The number of hydrogen-bond acceptors (Lipinski definition) is 4. The van der Waals surface area contributed by atoms with Gasteiger partial charge in [0.15, 0.2) is 5.60 Å². The average Bonchev–Trinajstić information content (AvgIpc) is 2.35. The number of rotatable bonds is 7. The molecule has 0 aromatic carbocycles. The Balaban J connectivity index is 6.16. The van der Waals surface area contributed by atoms with Gasteiger partial charge in [-0.1, -0.05) is 6.92 Å². The topological polar surface area (TPSA) is 44.8 Å². The summed E-state index contributed by atoms with van der Waals surface area (Å²) in [6.07, 6.45) is -11.7. The maximum absolute atomic E-state index is 13.4. The Morgan fingerprint density at radius 3 is 1.62 bits per heavy atom. The normalized spacial score (nSPS) is 14.7. The minimum Gasteiger partial charge on any atom is -0.455 e. The van der Waals surface area contributed by atoms with Crippen LogP contribution in [-0.4, -0.2) is 43.4 Å². The summed E-state index contributed by atoms with van der Waals surface area (Å²) >= 11 is 0. The summed E-state index contributed by atoms with van der Waals surface area (Å²) in [5.41, 5.74) is -9.10. The molecule has 0 heterocycles. The summed E-state index contributed by atoms with van der Waals surface area (Å²) in [7, 11) is 0.872. The molecule has 0 saturated heterocycles. The molecular weight excluding hydrogens is 346 g/mol. The Kier molecular flexibility index (Phi) is 6.77. The summed E-state index contributed by atoms with van der Waals surface area (Å²) in [6, 6.07) is 0. The van der Waals surface area contributed by atoms with E-state index in [-0.39, 0.29) is 6.42 Å². The van der Waals surface area contributed by atoms with Crippen molar-refractivity contribution >= 4 is 5.97 Å². The SMILES string of the molecule is CCC(C)(C)C(=O)OC(C)(C)C(OCOC)(C(F)(F)F)C(F)(F)F. The molecule has 144 valence electrons. The van der Waals surface area contributed by atoms with E-state index in [9.17, 15) is 31.1 Å². The minimum atomic E-state index is -5.91. The maximum atomic E-state index is 13.4. The molecular formula is C14H22F6O4. The molecule has 0 fully saturated rings. The molecule has 0 unspecified atom stereocenters. The number of esters is 1. The molecule has 0 rings (SSSR count). The molecule has 0 aliphatic carbocycles. The molecule has 0 spiro atoms. The van der Waals surface area contributed by atoms with Crippen molar-refractivity contribution in [1.82, 2.24) is 0 Å². The van der Waals surface area contributed by atoms with Crippen molar-refractivity contribution in [1.29, 1.82) is 0 Å². The lowest BCUT2D eigenvalue weighted by Crippen LogP contribution is -2.71. The van der Waals surface area contributed by atoms with Gasteiger partial charge in [0.25, 0.3) is 0 Å². The fourth-order valence-corrected chi connectivity index (χ4v) is 1.91. The van der Waals surface area contributed by atoms with Crippen LogP contribution in [0.15, 0.2) is 0 Å². The maximum Gasteiger partial charge on any atom is 0.430 e. The molecule has 0 aliphatic heterocycles. The van der Waals surface area contributed by atoms with E-state index >= 15 is 0 Å². The molecule has 0 amide bonds. The quantitative estimate of drug-likeness (QED) is 0.383. The Morgan fingerprint density at radius 1 is 0.917 bits per heavy atom. The highest BCUT2D eigenvalue weighted by molar-refractivity contribution is 5.76. The zero-order chi connectivity index (χ0) is 19.6. The first-order valence-electron chi connectivity index (χ1n) is 7.00. The van der Waals surface area contributed by atoms with E-state index in [2.05, 4.69) is 14.2 Å². The van der Waals surface area contributed by atoms with Gasteiger partial charge in [-0.2, -0.15) is 26.3 Å². The van der Waals surface area contributed by atoms with Crippen LogP contribution in [0.2, 0.25) is 0 Å². The second kappa shape index (κ2) is 7.07. The highest BCUT2D eigenvalue weighted by atomic mass is 19.4. The van der Waals surface area contributed by atoms with Crippen LogP contribution in [0, 0.1) is 5.41 Å². The second-order valence-electron chi connectivity index (χ2n) is 6.36. The van der Waals surface area contributed by atoms with E-state index in [4.69, 9.17) is 0 Å². The lowest BCUT2D eigenvalue weighted by atomic mass is 9.82. The van der Waals surface area contributed by atoms with E-state index in [0.29, 0.717) is 13.8 Å². The van der Waals surface area contributed by atoms with Crippen LogP contribution in [0.25, 0.3) is 0 Å². The summed E-state index contributed by atoms with van der Waals surface area (Å²) < 4.78 is 93.5. The van der Waals surface area contributed by atoms with Crippen molar-refractivity contribution in [3.63, 3.8) is 0 Å². The zero-order valence-electron chi connectivity index (χ0n) is 14.3. The first-order chi connectivity index (χ1) is 10.5. The Hall–Kier alpha value is -1.03. The highest BCUT2D eigenvalue weighted by Gasteiger charge is 2.80. The van der Waals surface area contributed by atoms with Crippen LogP contribution >= 0.6 is 0 Å². The number of halogens is 6.